The number of aryl methyl sites for hydroxylation is 3. The molecule has 7 aromatic heterocycles. The maximum Gasteiger partial charge on any atom is 0.485 e. The van der Waals surface area contributed by atoms with Crippen molar-refractivity contribution in [2.24, 2.45) is 21.1 Å². The van der Waals surface area contributed by atoms with Gasteiger partial charge in [0, 0.05) is 142 Å². The van der Waals surface area contributed by atoms with E-state index in [4.69, 9.17) is 51.9 Å². The second-order valence-electron chi connectivity index (χ2n) is 39.1. The van der Waals surface area contributed by atoms with Crippen molar-refractivity contribution in [2.75, 3.05) is 0 Å². The topological polar surface area (TPSA) is 259 Å². The van der Waals surface area contributed by atoms with Crippen molar-refractivity contribution in [2.45, 2.75) is 435 Å². The van der Waals surface area contributed by atoms with E-state index >= 15 is 0 Å². The number of rotatable bonds is 72. The lowest BCUT2D eigenvalue weighted by Crippen LogP contribution is -2.40. The van der Waals surface area contributed by atoms with Crippen molar-refractivity contribution in [3.63, 3.8) is 0 Å². The largest absolute Gasteiger partial charge is 0.741 e. The van der Waals surface area contributed by atoms with Gasteiger partial charge in [-0.3, -0.25) is 0 Å². The van der Waals surface area contributed by atoms with Crippen LogP contribution in [0.25, 0.3) is 72.9 Å². The molecule has 19 nitrogen and oxygen atoms in total. The van der Waals surface area contributed by atoms with Gasteiger partial charge in [-0.1, -0.05) is 360 Å². The van der Waals surface area contributed by atoms with Gasteiger partial charge in [0.25, 0.3) is 0 Å². The second kappa shape index (κ2) is 77.1. The predicted octanol–water partition coefficient (Wildman–Crippen LogP) is 32.0. The zero-order chi connectivity index (χ0) is 111. The molecule has 0 saturated carbocycles. The highest BCUT2D eigenvalue weighted by Gasteiger charge is 2.39. The zero-order valence-corrected chi connectivity index (χ0v) is 93.4. The van der Waals surface area contributed by atoms with E-state index in [0.29, 0.717) is 0 Å². The SMILES string of the molecule is CCCCCCCCCCCCCCCC[n+]1ccc(/C=C/c2ccc(/C=C/c3cc(/C=C/c4ccc(/C=C/c5cc[n+](CCCCCCCCCCCCCCCC)cc5)n4C)[n+](CCCCCCCCCCCCCCCC)c(/C=C/c4ccc(/C=C/c5cc[n+](CCCCCCCCCCCCCCCC)cc5)n4C)c3)n2C)cc1.O=S(=O)([O-])C(F)(F)F.O=S(=O)([O-])C(F)(F)F.O=S(=O)([O-])C(F)(F)F.O=S(=O)([O-])C(F)(F)F. The number of hydrogen-bond donors (Lipinski definition) is 0. The third-order valence-electron chi connectivity index (χ3n) is 26.4. The predicted molar refractivity (Wildman–Crippen MR) is 581 cm³/mol. The lowest BCUT2D eigenvalue weighted by molar-refractivity contribution is -0.700. The summed E-state index contributed by atoms with van der Waals surface area (Å²) < 4.78 is 252. The van der Waals surface area contributed by atoms with Gasteiger partial charge >= 0.3 is 22.0 Å². The molecule has 0 aliphatic carbocycles. The second-order valence-corrected chi connectivity index (χ2v) is 44.6. The molecule has 7 rings (SSSR count). The van der Waals surface area contributed by atoms with Crippen molar-refractivity contribution in [1.29, 1.82) is 0 Å². The summed E-state index contributed by atoms with van der Waals surface area (Å²) in [5, 5.41) is 0. The maximum atomic E-state index is 10.7. The fourth-order valence-electron chi connectivity index (χ4n) is 17.1. The number of unbranched alkanes of at least 4 members (excludes halogenated alkanes) is 52. The summed E-state index contributed by atoms with van der Waals surface area (Å²) in [6.07, 6.45) is 119. The summed E-state index contributed by atoms with van der Waals surface area (Å²) in [7, 11) is -17.7. The molecule has 0 atom stereocenters. The van der Waals surface area contributed by atoms with Crippen molar-refractivity contribution < 1.29 is 123 Å². The Kier molecular flexibility index (Phi) is 69.8. The minimum atomic E-state index is -6.09. The van der Waals surface area contributed by atoms with Crippen LogP contribution in [0.4, 0.5) is 52.7 Å². The van der Waals surface area contributed by atoms with E-state index in [1.807, 2.05) is 0 Å². The molecule has 0 radical (unpaired) electrons. The molecule has 7 aromatic rings. The Morgan fingerprint density at radius 3 is 0.513 bits per heavy atom. The van der Waals surface area contributed by atoms with Crippen LogP contribution < -0.4 is 18.3 Å². The quantitative estimate of drug-likeness (QED) is 0.0113. The zero-order valence-electron chi connectivity index (χ0n) is 90.1. The number of aromatic nitrogens is 7. The van der Waals surface area contributed by atoms with Crippen LogP contribution >= 0.6 is 0 Å². The van der Waals surface area contributed by atoms with Crippen molar-refractivity contribution >= 4 is 113 Å². The average Bonchev–Trinajstić information content (AvgIpc) is 1.49. The number of hydrogen-bond acceptors (Lipinski definition) is 12. The molecule has 0 aromatic carbocycles. The Morgan fingerprint density at radius 2 is 0.353 bits per heavy atom. The summed E-state index contributed by atoms with van der Waals surface area (Å²) in [6.45, 7) is 13.5. The average molecular weight is 2200 g/mol. The van der Waals surface area contributed by atoms with Crippen molar-refractivity contribution in [1.82, 2.24) is 13.7 Å². The third-order valence-corrected chi connectivity index (χ3v) is 28.7. The molecule has 0 amide bonds. The normalized spacial score (nSPS) is 12.6. The fraction of sp³-hybridized carbons (Fsp3) is 0.617. The van der Waals surface area contributed by atoms with Crippen LogP contribution in [0.5, 0.6) is 0 Å². The number of nitrogens with zero attached hydrogens (tertiary/aromatic N) is 7. The van der Waals surface area contributed by atoms with Gasteiger partial charge in [-0.15, -0.1) is 0 Å². The maximum absolute atomic E-state index is 10.7. The lowest BCUT2D eigenvalue weighted by atomic mass is 10.0. The minimum absolute atomic E-state index is 0.949. The summed E-state index contributed by atoms with van der Waals surface area (Å²) >= 11 is 0. The van der Waals surface area contributed by atoms with Crippen LogP contribution in [0, 0.1) is 0 Å². The Labute approximate surface area is 890 Å². The molecule has 0 bridgehead atoms. The molecular formula is C115H173F12N7O12S4. The molecule has 0 N–H and O–H groups in total. The fourth-order valence-corrected chi connectivity index (χ4v) is 17.1. The van der Waals surface area contributed by atoms with Gasteiger partial charge in [-0.2, -0.15) is 57.3 Å². The molecule has 0 unspecified atom stereocenters. The Balaban J connectivity index is 0.00000155. The van der Waals surface area contributed by atoms with Gasteiger partial charge in [0.15, 0.2) is 77.7 Å². The van der Waals surface area contributed by atoms with Gasteiger partial charge in [-0.05, 0) is 121 Å². The highest BCUT2D eigenvalue weighted by molar-refractivity contribution is 7.87. The lowest BCUT2D eigenvalue weighted by Gasteiger charge is -2.09. The number of pyridine rings is 4. The molecule has 0 spiro atoms. The number of halogens is 12. The van der Waals surface area contributed by atoms with E-state index in [2.05, 4.69) is 276 Å². The monoisotopic (exact) mass is 2200 g/mol. The first-order valence-corrected chi connectivity index (χ1v) is 60.6. The highest BCUT2D eigenvalue weighted by Crippen LogP contribution is 2.28. The third kappa shape index (κ3) is 62.9. The standard InChI is InChI=1S/C111H173N7.4CHF3O3S/c1-8-12-16-20-24-28-32-36-40-44-48-52-56-60-88-115-92-82-100(83-93-115)64-68-104-72-73-107(112(104)5)71-67-103-98-110(80-78-108-76-74-105(113(108)6)69-65-101-84-94-116(95-85-101)89-61-57-53-49-45-41-37-33-29-25-21-17-13-9-2)118(91-63-59-55-51-47-43-39-35-31-27-23-19-15-11-4)111(99-103)81-79-109-77-75-106(114(109)7)70-66-102-86-96-117(97-87-102)90-62-58-54-50-46-42-38-34-30-26-22-18-14-10-3;4*2-1(3,4)8(5,6)7/h64-87,92-99H,8-63,88-91H2,1-7H3;4*(H,5,6,7)/q+4;;;;/p-4. The Hall–Kier alpha value is -8.32. The van der Waals surface area contributed by atoms with Crippen LogP contribution in [-0.2, 0) is 87.8 Å². The molecular weight excluding hydrogens is 2030 g/mol. The van der Waals surface area contributed by atoms with Crippen LogP contribution in [0.15, 0.2) is 122 Å². The van der Waals surface area contributed by atoms with Crippen molar-refractivity contribution in [3.05, 3.63) is 190 Å². The molecule has 0 aliphatic heterocycles. The van der Waals surface area contributed by atoms with E-state index in [1.165, 1.54) is 421 Å². The summed E-state index contributed by atoms with van der Waals surface area (Å²) in [6, 6.07) is 32.1. The molecule has 0 aliphatic rings. The Morgan fingerprint density at radius 1 is 0.213 bits per heavy atom. The highest BCUT2D eigenvalue weighted by atomic mass is 32.2. The Bertz CT molecular complexity index is 5110. The molecule has 0 fully saturated rings. The van der Waals surface area contributed by atoms with Gasteiger partial charge < -0.3 is 31.9 Å². The number of alkyl halides is 12. The van der Waals surface area contributed by atoms with Gasteiger partial charge in [0.2, 0.25) is 11.4 Å². The first-order valence-electron chi connectivity index (χ1n) is 54.9. The van der Waals surface area contributed by atoms with E-state index in [1.54, 1.807) is 0 Å². The van der Waals surface area contributed by atoms with Crippen LogP contribution in [0.2, 0.25) is 0 Å². The molecule has 848 valence electrons. The summed E-state index contributed by atoms with van der Waals surface area (Å²) in [5.41, 5.74) is -8.21. The van der Waals surface area contributed by atoms with Crippen molar-refractivity contribution in [3.8, 4) is 0 Å². The molecule has 0 saturated heterocycles. The molecule has 150 heavy (non-hydrogen) atoms. The smallest absolute Gasteiger partial charge is 0.485 e. The molecule has 7 heterocycles. The summed E-state index contributed by atoms with van der Waals surface area (Å²) in [4.78, 5) is 0. The van der Waals surface area contributed by atoms with E-state index in [-0.39, 0.29) is 0 Å². The summed E-state index contributed by atoms with van der Waals surface area (Å²) in [5.74, 6) is 0. The van der Waals surface area contributed by atoms with Crippen LogP contribution in [-0.4, -0.2) is 87.6 Å². The van der Waals surface area contributed by atoms with Gasteiger partial charge in [0.1, 0.15) is 26.2 Å². The molecule has 35 heteroatoms. The first kappa shape index (κ1) is 136. The van der Waals surface area contributed by atoms with Crippen LogP contribution in [0.3, 0.4) is 0 Å². The van der Waals surface area contributed by atoms with E-state index < -0.39 is 62.5 Å². The van der Waals surface area contributed by atoms with Gasteiger partial charge in [0.05, 0.1) is 0 Å². The van der Waals surface area contributed by atoms with E-state index in [0.717, 1.165) is 32.6 Å². The minimum Gasteiger partial charge on any atom is -0.741 e. The first-order chi connectivity index (χ1) is 71.2. The van der Waals surface area contributed by atoms with Crippen LogP contribution in [0.1, 0.15) is 455 Å². The van der Waals surface area contributed by atoms with E-state index in [9.17, 15) is 52.7 Å². The van der Waals surface area contributed by atoms with Gasteiger partial charge in [-0.25, -0.2) is 47.4 Å².